The van der Waals surface area contributed by atoms with Gasteiger partial charge in [0.2, 0.25) is 5.88 Å². The first-order chi connectivity index (χ1) is 8.93. The summed E-state index contributed by atoms with van der Waals surface area (Å²) < 4.78 is 6.10. The van der Waals surface area contributed by atoms with E-state index >= 15 is 0 Å². The molecule has 1 aliphatic rings. The van der Waals surface area contributed by atoms with Gasteiger partial charge >= 0.3 is 0 Å². The number of hydrogen-bond donors (Lipinski definition) is 0. The third-order valence-electron chi connectivity index (χ3n) is 3.59. The van der Waals surface area contributed by atoms with Gasteiger partial charge in [0.05, 0.1) is 10.9 Å². The molecule has 0 N–H and O–H groups in total. The molecule has 1 heterocycles. The molecule has 0 amide bonds. The topological polar surface area (TPSA) is 35.0 Å². The Labute approximate surface area is 107 Å². The third-order valence-corrected chi connectivity index (χ3v) is 3.59. The van der Waals surface area contributed by atoms with E-state index in [2.05, 4.69) is 9.97 Å². The SMILES string of the molecule is c1ccc2c(OC3CCCCCC3)ncnc2c1. The molecule has 1 fully saturated rings. The molecule has 94 valence electrons. The van der Waals surface area contributed by atoms with Crippen LogP contribution in [0.25, 0.3) is 10.9 Å². The van der Waals surface area contributed by atoms with Gasteiger partial charge in [-0.2, -0.15) is 0 Å². The van der Waals surface area contributed by atoms with Crippen LogP contribution < -0.4 is 4.74 Å². The summed E-state index contributed by atoms with van der Waals surface area (Å²) in [5.41, 5.74) is 0.955. The maximum absolute atomic E-state index is 6.10. The van der Waals surface area contributed by atoms with Gasteiger partial charge in [0.15, 0.2) is 0 Å². The van der Waals surface area contributed by atoms with E-state index in [1.54, 1.807) is 6.33 Å². The predicted molar refractivity (Wildman–Crippen MR) is 71.7 cm³/mol. The van der Waals surface area contributed by atoms with Crippen molar-refractivity contribution in [1.82, 2.24) is 9.97 Å². The molecule has 3 heteroatoms. The van der Waals surface area contributed by atoms with Gasteiger partial charge in [-0.25, -0.2) is 9.97 Å². The first-order valence-electron chi connectivity index (χ1n) is 6.80. The molecule has 0 spiro atoms. The van der Waals surface area contributed by atoms with E-state index in [9.17, 15) is 0 Å². The van der Waals surface area contributed by atoms with Crippen LogP contribution in [0.15, 0.2) is 30.6 Å². The summed E-state index contributed by atoms with van der Waals surface area (Å²) >= 11 is 0. The van der Waals surface area contributed by atoms with Crippen LogP contribution in [0.3, 0.4) is 0 Å². The summed E-state index contributed by atoms with van der Waals surface area (Å²) in [6, 6.07) is 8.02. The second kappa shape index (κ2) is 5.34. The van der Waals surface area contributed by atoms with E-state index in [0.717, 1.165) is 29.6 Å². The molecule has 0 unspecified atom stereocenters. The van der Waals surface area contributed by atoms with Crippen molar-refractivity contribution < 1.29 is 4.74 Å². The molecule has 2 aromatic rings. The number of fused-ring (bicyclic) bond motifs is 1. The number of aromatic nitrogens is 2. The summed E-state index contributed by atoms with van der Waals surface area (Å²) in [5.74, 6) is 0.743. The van der Waals surface area contributed by atoms with Gasteiger partial charge in [-0.05, 0) is 37.8 Å². The van der Waals surface area contributed by atoms with Gasteiger partial charge in [-0.3, -0.25) is 0 Å². The molecular weight excluding hydrogens is 224 g/mol. The lowest BCUT2D eigenvalue weighted by Crippen LogP contribution is -2.16. The predicted octanol–water partition coefficient (Wildman–Crippen LogP) is 3.73. The van der Waals surface area contributed by atoms with Crippen molar-refractivity contribution >= 4 is 10.9 Å². The van der Waals surface area contributed by atoms with E-state index < -0.39 is 0 Å². The molecular formula is C15H18N2O. The Kier molecular flexibility index (Phi) is 3.40. The second-order valence-corrected chi connectivity index (χ2v) is 4.93. The van der Waals surface area contributed by atoms with E-state index in [-0.39, 0.29) is 0 Å². The zero-order chi connectivity index (χ0) is 12.2. The Bertz CT molecular complexity index is 513. The quantitative estimate of drug-likeness (QED) is 0.753. The van der Waals surface area contributed by atoms with Gasteiger partial charge in [0.1, 0.15) is 12.4 Å². The van der Waals surface area contributed by atoms with Gasteiger partial charge < -0.3 is 4.74 Å². The summed E-state index contributed by atoms with van der Waals surface area (Å²) in [6.45, 7) is 0. The zero-order valence-electron chi connectivity index (χ0n) is 10.5. The largest absolute Gasteiger partial charge is 0.474 e. The molecule has 1 aromatic carbocycles. The van der Waals surface area contributed by atoms with Crippen LogP contribution in [0.2, 0.25) is 0 Å². The third kappa shape index (κ3) is 2.45. The van der Waals surface area contributed by atoms with E-state index in [0.29, 0.717) is 6.10 Å². The minimum absolute atomic E-state index is 0.325. The van der Waals surface area contributed by atoms with Gasteiger partial charge in [-0.15, -0.1) is 0 Å². The molecule has 1 aromatic heterocycles. The second-order valence-electron chi connectivity index (χ2n) is 4.93. The Balaban J connectivity index is 1.85. The highest BCUT2D eigenvalue weighted by Gasteiger charge is 2.15. The van der Waals surface area contributed by atoms with Gasteiger partial charge in [-0.1, -0.05) is 25.0 Å². The van der Waals surface area contributed by atoms with Crippen molar-refractivity contribution in [3.05, 3.63) is 30.6 Å². The lowest BCUT2D eigenvalue weighted by Gasteiger charge is -2.16. The fraction of sp³-hybridized carbons (Fsp3) is 0.467. The highest BCUT2D eigenvalue weighted by Crippen LogP contribution is 2.26. The zero-order valence-corrected chi connectivity index (χ0v) is 10.5. The Hall–Kier alpha value is -1.64. The van der Waals surface area contributed by atoms with Crippen LogP contribution in [0.5, 0.6) is 5.88 Å². The normalized spacial score (nSPS) is 17.6. The average molecular weight is 242 g/mol. The van der Waals surface area contributed by atoms with Crippen molar-refractivity contribution in [2.45, 2.75) is 44.6 Å². The maximum atomic E-state index is 6.10. The lowest BCUT2D eigenvalue weighted by atomic mass is 10.1. The molecule has 0 atom stereocenters. The van der Waals surface area contributed by atoms with Crippen LogP contribution >= 0.6 is 0 Å². The van der Waals surface area contributed by atoms with E-state index in [1.165, 1.54) is 25.7 Å². The van der Waals surface area contributed by atoms with Crippen LogP contribution in [-0.4, -0.2) is 16.1 Å². The summed E-state index contributed by atoms with van der Waals surface area (Å²) in [6.07, 6.45) is 9.44. The lowest BCUT2D eigenvalue weighted by molar-refractivity contribution is 0.178. The van der Waals surface area contributed by atoms with Gasteiger partial charge in [0, 0.05) is 0 Å². The minimum atomic E-state index is 0.325. The summed E-state index contributed by atoms with van der Waals surface area (Å²) in [4.78, 5) is 8.56. The molecule has 3 rings (SSSR count). The number of ether oxygens (including phenoxy) is 1. The number of benzene rings is 1. The van der Waals surface area contributed by atoms with E-state index in [1.807, 2.05) is 24.3 Å². The fourth-order valence-corrected chi connectivity index (χ4v) is 2.59. The molecule has 0 saturated heterocycles. The summed E-state index contributed by atoms with van der Waals surface area (Å²) in [7, 11) is 0. The Morgan fingerprint density at radius 2 is 1.72 bits per heavy atom. The monoisotopic (exact) mass is 242 g/mol. The van der Waals surface area contributed by atoms with Crippen molar-refractivity contribution in [3.8, 4) is 5.88 Å². The fourth-order valence-electron chi connectivity index (χ4n) is 2.59. The molecule has 0 bridgehead atoms. The molecule has 3 nitrogen and oxygen atoms in total. The smallest absolute Gasteiger partial charge is 0.224 e. The van der Waals surface area contributed by atoms with Crippen molar-refractivity contribution in [2.24, 2.45) is 0 Å². The highest BCUT2D eigenvalue weighted by atomic mass is 16.5. The minimum Gasteiger partial charge on any atom is -0.474 e. The first kappa shape index (κ1) is 11.5. The van der Waals surface area contributed by atoms with Crippen molar-refractivity contribution in [3.63, 3.8) is 0 Å². The van der Waals surface area contributed by atoms with Crippen LogP contribution in [0.4, 0.5) is 0 Å². The van der Waals surface area contributed by atoms with Crippen LogP contribution in [0, 0.1) is 0 Å². The molecule has 0 aliphatic heterocycles. The van der Waals surface area contributed by atoms with Crippen molar-refractivity contribution in [2.75, 3.05) is 0 Å². The summed E-state index contributed by atoms with van der Waals surface area (Å²) in [5, 5.41) is 1.02. The number of nitrogens with zero attached hydrogens (tertiary/aromatic N) is 2. The Morgan fingerprint density at radius 3 is 2.56 bits per heavy atom. The standard InChI is InChI=1S/C15H18N2O/c1-2-4-8-12(7-3-1)18-15-13-9-5-6-10-14(13)16-11-17-15/h5-6,9-12H,1-4,7-8H2. The van der Waals surface area contributed by atoms with Gasteiger partial charge in [0.25, 0.3) is 0 Å². The first-order valence-corrected chi connectivity index (χ1v) is 6.80. The number of para-hydroxylation sites is 1. The highest BCUT2D eigenvalue weighted by molar-refractivity contribution is 5.82. The average Bonchev–Trinajstić information content (AvgIpc) is 2.68. The Morgan fingerprint density at radius 1 is 0.944 bits per heavy atom. The molecule has 18 heavy (non-hydrogen) atoms. The van der Waals surface area contributed by atoms with Crippen LogP contribution in [0.1, 0.15) is 38.5 Å². The maximum Gasteiger partial charge on any atom is 0.224 e. The molecule has 0 radical (unpaired) electrons. The molecule has 1 aliphatic carbocycles. The molecule has 1 saturated carbocycles. The van der Waals surface area contributed by atoms with E-state index in [4.69, 9.17) is 4.74 Å². The van der Waals surface area contributed by atoms with Crippen LogP contribution in [-0.2, 0) is 0 Å². The van der Waals surface area contributed by atoms with Crippen molar-refractivity contribution in [1.29, 1.82) is 0 Å². The number of hydrogen-bond acceptors (Lipinski definition) is 3. The number of rotatable bonds is 2.